The number of aliphatic carboxylic acids is 1. The van der Waals surface area contributed by atoms with Crippen LogP contribution in [0.15, 0.2) is 110 Å². The third kappa shape index (κ3) is 18.3. The first kappa shape index (κ1) is 48.0. The molecular weight excluding hydrogens is 740 g/mol. The molecule has 4 amide bonds. The zero-order valence-electron chi connectivity index (χ0n) is 31.6. The summed E-state index contributed by atoms with van der Waals surface area (Å²) in [6.07, 6.45) is 6.98. The summed E-state index contributed by atoms with van der Waals surface area (Å²) < 4.78 is 13.7. The Labute approximate surface area is 335 Å². The number of nitrogens with zero attached hydrogens (tertiary/aromatic N) is 2. The molecule has 56 heavy (non-hydrogen) atoms. The molecule has 0 aliphatic heterocycles. The summed E-state index contributed by atoms with van der Waals surface area (Å²) in [5.41, 5.74) is 3.15. The number of carbonyl (C=O) groups excluding carboxylic acids is 4. The highest BCUT2D eigenvalue weighted by Crippen LogP contribution is 2.04. The number of hydrogen-bond acceptors (Lipinski definition) is 7. The quantitative estimate of drug-likeness (QED) is 0.113. The standard InChI is InChI=1S/C20H23N3O5.C20H25N3O3.CH4.ClH/c1-14(12-16-6-4-3-5-7-16)21-20(27)28-13-23-10-8-17(9-11-23)18(24)22-15(2)19(25)26;1-15(2)21-19(24)18-9-11-23(12-10-18)14-26-20(25)22-16(3)13-17-7-5-4-6-8-17;;/h3-11,14-15H,12-13H2,1-2H3,(H2-,21,22,24,25,26,27);4-12,15-16H,13-14H2,1-3H3,(H-,21,22,24,25);1H4;1H/p+1/t14-,15-;16-;;/m00../s1. The van der Waals surface area contributed by atoms with Crippen molar-refractivity contribution < 1.29 is 60.1 Å². The Kier molecular flexibility index (Phi) is 21.5. The van der Waals surface area contributed by atoms with Gasteiger partial charge in [0, 0.05) is 42.4 Å². The summed E-state index contributed by atoms with van der Waals surface area (Å²) in [7, 11) is 0. The largest absolute Gasteiger partial charge is 1.00 e. The molecule has 5 N–H and O–H groups in total. The smallest absolute Gasteiger partial charge is 0.412 e. The Morgan fingerprint density at radius 1 is 0.571 bits per heavy atom. The molecular formula is C41H54ClN6O8+. The van der Waals surface area contributed by atoms with Gasteiger partial charge in [0.1, 0.15) is 6.04 Å². The monoisotopic (exact) mass is 793 g/mol. The summed E-state index contributed by atoms with van der Waals surface area (Å²) in [6, 6.07) is 25.2. The van der Waals surface area contributed by atoms with Crippen LogP contribution in [0.3, 0.4) is 0 Å². The summed E-state index contributed by atoms with van der Waals surface area (Å²) in [5, 5.41) is 19.6. The van der Waals surface area contributed by atoms with Crippen molar-refractivity contribution in [3.63, 3.8) is 0 Å². The number of benzene rings is 2. The zero-order valence-corrected chi connectivity index (χ0v) is 32.4. The Morgan fingerprint density at radius 3 is 1.27 bits per heavy atom. The van der Waals surface area contributed by atoms with E-state index in [2.05, 4.69) is 21.3 Å². The molecule has 0 aliphatic rings. The van der Waals surface area contributed by atoms with Gasteiger partial charge in [0.15, 0.2) is 24.8 Å². The fraction of sp³-hybridized carbons (Fsp3) is 0.341. The van der Waals surface area contributed by atoms with Crippen LogP contribution in [-0.2, 0) is 40.6 Å². The Hall–Kier alpha value is -6.02. The molecule has 14 nitrogen and oxygen atoms in total. The van der Waals surface area contributed by atoms with Crippen LogP contribution in [0.1, 0.15) is 73.9 Å². The van der Waals surface area contributed by atoms with Gasteiger partial charge in [-0.25, -0.2) is 9.59 Å². The highest BCUT2D eigenvalue weighted by atomic mass is 35.5. The lowest BCUT2D eigenvalue weighted by atomic mass is 10.1. The van der Waals surface area contributed by atoms with Gasteiger partial charge in [0.25, 0.3) is 25.3 Å². The number of rotatable bonds is 15. The predicted octanol–water partition coefficient (Wildman–Crippen LogP) is 1.56. The van der Waals surface area contributed by atoms with Gasteiger partial charge in [-0.3, -0.25) is 14.4 Å². The van der Waals surface area contributed by atoms with E-state index in [1.165, 1.54) is 19.1 Å². The number of alkyl carbamates (subject to hydrolysis) is 2. The van der Waals surface area contributed by atoms with Crippen LogP contribution in [0.4, 0.5) is 9.59 Å². The van der Waals surface area contributed by atoms with Crippen LogP contribution < -0.4 is 42.8 Å². The molecule has 0 aliphatic carbocycles. The first-order valence-electron chi connectivity index (χ1n) is 17.6. The van der Waals surface area contributed by atoms with E-state index < -0.39 is 30.1 Å². The van der Waals surface area contributed by atoms with Gasteiger partial charge in [-0.1, -0.05) is 68.1 Å². The molecule has 0 bridgehead atoms. The molecule has 0 spiro atoms. The van der Waals surface area contributed by atoms with Gasteiger partial charge >= 0.3 is 18.2 Å². The van der Waals surface area contributed by atoms with Crippen molar-refractivity contribution in [3.8, 4) is 0 Å². The number of ether oxygens (including phenoxy) is 2. The first-order chi connectivity index (χ1) is 25.8. The van der Waals surface area contributed by atoms with Gasteiger partial charge in [-0.2, -0.15) is 9.13 Å². The lowest BCUT2D eigenvalue weighted by Gasteiger charge is -2.13. The Bertz CT molecular complexity index is 1800. The molecule has 4 rings (SSSR count). The van der Waals surface area contributed by atoms with E-state index in [1.54, 1.807) is 46.1 Å². The molecule has 0 saturated carbocycles. The van der Waals surface area contributed by atoms with Crippen molar-refractivity contribution in [3.05, 3.63) is 132 Å². The van der Waals surface area contributed by atoms with Crippen LogP contribution >= 0.6 is 0 Å². The normalized spacial score (nSPS) is 11.7. The lowest BCUT2D eigenvalue weighted by Crippen LogP contribution is -3.00. The van der Waals surface area contributed by atoms with Crippen molar-refractivity contribution in [1.29, 1.82) is 0 Å². The molecule has 0 unspecified atom stereocenters. The maximum Gasteiger partial charge on any atom is 0.412 e. The molecule has 2 aromatic carbocycles. The van der Waals surface area contributed by atoms with Gasteiger partial charge in [-0.15, -0.1) is 0 Å². The SMILES string of the molecule is C.CC(C)NC(=O)c1cc[n+](COC(=O)N[C@@H](C)Cc2ccccc2)cc1.C[C@H](NC(=O)c1cc[n+](COC(=O)N[C@@H](C)Cc2ccccc2)cc1)C(=O)O.[Cl-]. The number of carboxylic acids is 1. The minimum absolute atomic E-state index is 0. The fourth-order valence-electron chi connectivity index (χ4n) is 4.87. The summed E-state index contributed by atoms with van der Waals surface area (Å²) in [5.74, 6) is -1.73. The van der Waals surface area contributed by atoms with Crippen molar-refractivity contribution in [2.75, 3.05) is 0 Å². The maximum absolute atomic E-state index is 11.9. The van der Waals surface area contributed by atoms with Gasteiger partial charge in [0.05, 0.1) is 11.1 Å². The average molecular weight is 794 g/mol. The van der Waals surface area contributed by atoms with E-state index in [0.717, 1.165) is 17.5 Å². The molecule has 0 fully saturated rings. The lowest BCUT2D eigenvalue weighted by molar-refractivity contribution is -0.727. The number of amides is 4. The summed E-state index contributed by atoms with van der Waals surface area (Å²) in [6.45, 7) is 9.09. The Morgan fingerprint density at radius 2 is 0.929 bits per heavy atom. The molecule has 4 aromatic rings. The van der Waals surface area contributed by atoms with Crippen LogP contribution in [0.25, 0.3) is 0 Å². The number of hydrogen-bond donors (Lipinski definition) is 5. The van der Waals surface area contributed by atoms with Crippen molar-refractivity contribution in [1.82, 2.24) is 21.3 Å². The molecule has 15 heteroatoms. The Balaban J connectivity index is 0.000000542. The number of pyridine rings is 2. The minimum Gasteiger partial charge on any atom is -1.00 e. The molecule has 2 heterocycles. The highest BCUT2D eigenvalue weighted by Gasteiger charge is 2.17. The molecule has 0 radical (unpaired) electrons. The number of halogens is 1. The number of nitrogens with one attached hydrogen (secondary N) is 4. The number of carbonyl (C=O) groups is 5. The highest BCUT2D eigenvalue weighted by molar-refractivity contribution is 5.96. The van der Waals surface area contributed by atoms with Crippen molar-refractivity contribution in [2.45, 2.75) is 92.5 Å². The first-order valence-corrected chi connectivity index (χ1v) is 17.6. The molecule has 3 atom stereocenters. The predicted molar refractivity (Wildman–Crippen MR) is 206 cm³/mol. The van der Waals surface area contributed by atoms with Crippen molar-refractivity contribution >= 4 is 30.0 Å². The fourth-order valence-corrected chi connectivity index (χ4v) is 4.87. The van der Waals surface area contributed by atoms with E-state index >= 15 is 0 Å². The van der Waals surface area contributed by atoms with Gasteiger partial charge in [0.2, 0.25) is 0 Å². The minimum atomic E-state index is -1.11. The number of carboxylic acid groups (broad SMARTS) is 1. The second kappa shape index (κ2) is 25.1. The third-order valence-corrected chi connectivity index (χ3v) is 7.63. The van der Waals surface area contributed by atoms with E-state index in [1.807, 2.05) is 88.4 Å². The van der Waals surface area contributed by atoms with E-state index in [-0.39, 0.29) is 57.3 Å². The third-order valence-electron chi connectivity index (χ3n) is 7.63. The van der Waals surface area contributed by atoms with Crippen LogP contribution in [0.2, 0.25) is 0 Å². The van der Waals surface area contributed by atoms with E-state index in [9.17, 15) is 24.0 Å². The topological polar surface area (TPSA) is 180 Å². The molecule has 302 valence electrons. The second-order valence-corrected chi connectivity index (χ2v) is 13.0. The van der Waals surface area contributed by atoms with Crippen LogP contribution in [-0.4, -0.2) is 59.2 Å². The van der Waals surface area contributed by atoms with Gasteiger partial charge in [-0.05, 0) is 58.6 Å². The summed E-state index contributed by atoms with van der Waals surface area (Å²) in [4.78, 5) is 58.4. The van der Waals surface area contributed by atoms with Crippen LogP contribution in [0, 0.1) is 0 Å². The van der Waals surface area contributed by atoms with Crippen LogP contribution in [0.5, 0.6) is 0 Å². The number of aromatic nitrogens is 2. The van der Waals surface area contributed by atoms with E-state index in [0.29, 0.717) is 17.5 Å². The molecule has 2 aromatic heterocycles. The second-order valence-electron chi connectivity index (χ2n) is 13.0. The van der Waals surface area contributed by atoms with E-state index in [4.69, 9.17) is 14.6 Å². The van der Waals surface area contributed by atoms with Gasteiger partial charge < -0.3 is 48.3 Å². The van der Waals surface area contributed by atoms with Crippen molar-refractivity contribution in [2.24, 2.45) is 0 Å². The molecule has 0 saturated heterocycles. The summed E-state index contributed by atoms with van der Waals surface area (Å²) >= 11 is 0. The average Bonchev–Trinajstić information content (AvgIpc) is 3.14. The zero-order chi connectivity index (χ0) is 39.5. The maximum atomic E-state index is 11.9.